The van der Waals surface area contributed by atoms with Crippen LogP contribution in [0.4, 0.5) is 5.69 Å². The van der Waals surface area contributed by atoms with Gasteiger partial charge in [0, 0.05) is 11.5 Å². The molecule has 1 aromatic rings. The molecule has 8 N–H and O–H groups in total. The maximum atomic E-state index is 13.9. The Morgan fingerprint density at radius 2 is 1.83 bits per heavy atom. The lowest BCUT2D eigenvalue weighted by Crippen LogP contribution is -2.65. The Labute approximate surface area is 243 Å². The molecule has 0 aromatic heterocycles. The number of nitrogens with two attached hydrogens (primary N) is 1. The molecule has 3 aliphatic rings. The molecule has 0 spiro atoms. The van der Waals surface area contributed by atoms with E-state index in [0.29, 0.717) is 12.1 Å². The molecule has 0 aliphatic heterocycles. The number of aliphatic hydroxyl groups is 3. The zero-order valence-electron chi connectivity index (χ0n) is 23.2. The van der Waals surface area contributed by atoms with Gasteiger partial charge in [0.2, 0.25) is 11.7 Å². The van der Waals surface area contributed by atoms with Crippen LogP contribution in [-0.4, -0.2) is 87.5 Å². The summed E-state index contributed by atoms with van der Waals surface area (Å²) in [5.41, 5.74) is 1.97. The van der Waals surface area contributed by atoms with Crippen LogP contribution in [0.5, 0.6) is 5.75 Å². The maximum absolute atomic E-state index is 13.9. The summed E-state index contributed by atoms with van der Waals surface area (Å²) in [7, 11) is 3.09. The molecule has 3 unspecified atom stereocenters. The number of phenolic OH excluding ortho intramolecular Hbond substituents is 1. The number of phenols is 1. The molecule has 0 saturated heterocycles. The summed E-state index contributed by atoms with van der Waals surface area (Å²) in [4.78, 5) is 52.9. The Morgan fingerprint density at radius 3 is 2.44 bits per heavy atom. The number of carbonyl (C=O) groups excluding carboxylic acids is 4. The van der Waals surface area contributed by atoms with Gasteiger partial charge in [-0.2, -0.15) is 0 Å². The molecule has 41 heavy (non-hydrogen) atoms. The van der Waals surface area contributed by atoms with Crippen molar-refractivity contribution >= 4 is 47.2 Å². The number of hydrogen-bond acceptors (Lipinski definition) is 10. The number of hydrogen-bond donors (Lipinski definition) is 7. The quantitative estimate of drug-likeness (QED) is 0.124. The lowest BCUT2D eigenvalue weighted by molar-refractivity contribution is -0.153. The summed E-state index contributed by atoms with van der Waals surface area (Å²) in [5.74, 6) is -7.58. The van der Waals surface area contributed by atoms with E-state index in [0.717, 1.165) is 19.3 Å². The number of likely N-dealkylation sites (N-methyl/N-ethyl adjacent to an activating group) is 1. The van der Waals surface area contributed by atoms with Crippen LogP contribution >= 0.6 is 12.4 Å². The highest BCUT2D eigenvalue weighted by Crippen LogP contribution is 2.53. The Morgan fingerprint density at radius 1 is 1.15 bits per heavy atom. The average molecular weight is 593 g/mol. The molecule has 4 rings (SSSR count). The number of nitrogens with one attached hydrogen (secondary N) is 2. The molecule has 0 bridgehead atoms. The van der Waals surface area contributed by atoms with Crippen molar-refractivity contribution in [2.45, 2.75) is 50.7 Å². The fourth-order valence-electron chi connectivity index (χ4n) is 6.22. The average Bonchev–Trinajstić information content (AvgIpc) is 2.87. The SMILES string of the molecule is CCCCCNCC(=O)Nc1ccc2c(c1O)C(O)=C1C(=O)C3(O)C(O)=C(C(N)=O)C(=O)[C@@H](N(C)C)C3CC1C2.Cl. The first-order chi connectivity index (χ1) is 18.9. The molecule has 0 radical (unpaired) electrons. The predicted octanol–water partition coefficient (Wildman–Crippen LogP) is 1.10. The normalized spacial score (nSPS) is 25.3. The Hall–Kier alpha value is -3.45. The van der Waals surface area contributed by atoms with Crippen molar-refractivity contribution < 1.29 is 39.6 Å². The van der Waals surface area contributed by atoms with Crippen molar-refractivity contribution in [1.82, 2.24) is 10.2 Å². The van der Waals surface area contributed by atoms with Crippen LogP contribution in [0.3, 0.4) is 0 Å². The van der Waals surface area contributed by atoms with Gasteiger partial charge in [0.1, 0.15) is 22.8 Å². The number of amides is 2. The van der Waals surface area contributed by atoms with Gasteiger partial charge in [0.05, 0.1) is 23.8 Å². The monoisotopic (exact) mass is 592 g/mol. The highest BCUT2D eigenvalue weighted by atomic mass is 35.5. The van der Waals surface area contributed by atoms with Gasteiger partial charge in [-0.1, -0.05) is 25.8 Å². The number of primary amides is 1. The molecule has 1 aromatic carbocycles. The van der Waals surface area contributed by atoms with E-state index in [-0.39, 0.29) is 48.6 Å². The Balaban J connectivity index is 0.00000462. The van der Waals surface area contributed by atoms with Gasteiger partial charge in [-0.15, -0.1) is 12.4 Å². The minimum atomic E-state index is -2.70. The molecule has 0 heterocycles. The molecule has 13 heteroatoms. The molecule has 1 saturated carbocycles. The van der Waals surface area contributed by atoms with Crippen molar-refractivity contribution in [3.63, 3.8) is 0 Å². The first-order valence-corrected chi connectivity index (χ1v) is 13.4. The van der Waals surface area contributed by atoms with E-state index in [9.17, 15) is 39.6 Å². The van der Waals surface area contributed by atoms with Crippen LogP contribution < -0.4 is 16.4 Å². The molecule has 224 valence electrons. The third-order valence-corrected chi connectivity index (χ3v) is 8.11. The van der Waals surface area contributed by atoms with Crippen molar-refractivity contribution in [3.05, 3.63) is 40.2 Å². The second-order valence-electron chi connectivity index (χ2n) is 10.9. The van der Waals surface area contributed by atoms with Gasteiger partial charge < -0.3 is 36.8 Å². The standard InChI is InChI=1S/C28H36N4O8.ClH/c1-4-5-6-9-30-12-17(33)31-16-8-7-13-10-14-11-15-21(32(2)3)24(36)20(27(29)39)26(38)28(15,40)25(37)19(14)23(35)18(13)22(16)34;/h7-8,14-15,21,30,34-35,38,40H,4-6,9-12H2,1-3H3,(H2,29,39)(H,31,33);1H/t14?,15?,21-,28?;/m0./s1. The summed E-state index contributed by atoms with van der Waals surface area (Å²) in [6.07, 6.45) is 3.19. The zero-order valence-corrected chi connectivity index (χ0v) is 24.0. The third kappa shape index (κ3) is 5.32. The van der Waals surface area contributed by atoms with Crippen molar-refractivity contribution in [1.29, 1.82) is 0 Å². The topological polar surface area (TPSA) is 203 Å². The smallest absolute Gasteiger partial charge is 0.255 e. The summed E-state index contributed by atoms with van der Waals surface area (Å²) in [6.45, 7) is 2.76. The van der Waals surface area contributed by atoms with Crippen LogP contribution in [-0.2, 0) is 25.6 Å². The maximum Gasteiger partial charge on any atom is 0.255 e. The first-order valence-electron chi connectivity index (χ1n) is 13.4. The number of carbonyl (C=O) groups is 4. The van der Waals surface area contributed by atoms with Gasteiger partial charge in [0.25, 0.3) is 5.91 Å². The number of nitrogens with zero attached hydrogens (tertiary/aromatic N) is 1. The number of anilines is 1. The van der Waals surface area contributed by atoms with Gasteiger partial charge >= 0.3 is 0 Å². The van der Waals surface area contributed by atoms with E-state index >= 15 is 0 Å². The number of benzene rings is 1. The van der Waals surface area contributed by atoms with E-state index < -0.39 is 69.7 Å². The van der Waals surface area contributed by atoms with Crippen LogP contribution in [0.15, 0.2) is 29.0 Å². The minimum Gasteiger partial charge on any atom is -0.508 e. The van der Waals surface area contributed by atoms with Crippen molar-refractivity contribution in [3.8, 4) is 5.75 Å². The highest BCUT2D eigenvalue weighted by molar-refractivity contribution is 6.24. The van der Waals surface area contributed by atoms with Gasteiger partial charge in [-0.05, 0) is 57.5 Å². The van der Waals surface area contributed by atoms with Gasteiger partial charge in [-0.3, -0.25) is 24.1 Å². The number of ketones is 2. The van der Waals surface area contributed by atoms with E-state index in [1.54, 1.807) is 20.2 Å². The first kappa shape index (κ1) is 32.1. The molecule has 1 fully saturated rings. The predicted molar refractivity (Wildman–Crippen MR) is 153 cm³/mol. The van der Waals surface area contributed by atoms with Gasteiger partial charge in [0.15, 0.2) is 11.4 Å². The number of unbranched alkanes of at least 4 members (excludes halogenated alkanes) is 2. The van der Waals surface area contributed by atoms with Crippen LogP contribution in [0.25, 0.3) is 5.76 Å². The number of aliphatic hydroxyl groups excluding tert-OH is 2. The minimum absolute atomic E-state index is 0. The second kappa shape index (κ2) is 12.2. The van der Waals surface area contributed by atoms with Crippen molar-refractivity contribution in [2.24, 2.45) is 17.6 Å². The van der Waals surface area contributed by atoms with E-state index in [1.165, 1.54) is 11.0 Å². The van der Waals surface area contributed by atoms with E-state index in [1.807, 2.05) is 0 Å². The molecule has 2 amide bonds. The summed E-state index contributed by atoms with van der Waals surface area (Å²) >= 11 is 0. The summed E-state index contributed by atoms with van der Waals surface area (Å²) in [5, 5.41) is 50.4. The highest BCUT2D eigenvalue weighted by Gasteiger charge is 2.64. The Kier molecular flexibility index (Phi) is 9.54. The lowest BCUT2D eigenvalue weighted by Gasteiger charge is -2.50. The number of Topliss-reactive ketones (excluding diaryl/α,β-unsaturated/α-hetero) is 2. The second-order valence-corrected chi connectivity index (χ2v) is 10.9. The largest absolute Gasteiger partial charge is 0.508 e. The fourth-order valence-corrected chi connectivity index (χ4v) is 6.22. The molecule has 4 atom stereocenters. The molecule has 3 aliphatic carbocycles. The van der Waals surface area contributed by atoms with E-state index in [2.05, 4.69) is 17.6 Å². The number of fused-ring (bicyclic) bond motifs is 3. The van der Waals surface area contributed by atoms with Gasteiger partial charge in [-0.25, -0.2) is 0 Å². The third-order valence-electron chi connectivity index (χ3n) is 8.11. The Bertz CT molecular complexity index is 1340. The summed E-state index contributed by atoms with van der Waals surface area (Å²) in [6, 6.07) is 1.98. The number of halogens is 1. The molecular weight excluding hydrogens is 556 g/mol. The zero-order chi connectivity index (χ0) is 29.5. The number of rotatable bonds is 9. The fraction of sp³-hybridized carbons (Fsp3) is 0.500. The summed E-state index contributed by atoms with van der Waals surface area (Å²) < 4.78 is 0. The molecular formula is C28H37ClN4O8. The van der Waals surface area contributed by atoms with Crippen LogP contribution in [0, 0.1) is 11.8 Å². The van der Waals surface area contributed by atoms with Crippen LogP contribution in [0.2, 0.25) is 0 Å². The van der Waals surface area contributed by atoms with Crippen molar-refractivity contribution in [2.75, 3.05) is 32.5 Å². The number of aromatic hydroxyl groups is 1. The van der Waals surface area contributed by atoms with Crippen LogP contribution in [0.1, 0.15) is 43.7 Å². The van der Waals surface area contributed by atoms with E-state index in [4.69, 9.17) is 5.73 Å². The lowest BCUT2D eigenvalue weighted by atomic mass is 9.57. The molecule has 12 nitrogen and oxygen atoms in total.